The number of pyridine rings is 1. The summed E-state index contributed by atoms with van der Waals surface area (Å²) in [5, 5.41) is 3.29. The Labute approximate surface area is 206 Å². The number of aromatic nitrogens is 2. The Kier molecular flexibility index (Phi) is 6.49. The van der Waals surface area contributed by atoms with Crippen LogP contribution in [0.3, 0.4) is 0 Å². The summed E-state index contributed by atoms with van der Waals surface area (Å²) < 4.78 is 7.66. The Morgan fingerprint density at radius 2 is 2.03 bits per heavy atom. The lowest BCUT2D eigenvalue weighted by atomic mass is 10.1. The summed E-state index contributed by atoms with van der Waals surface area (Å²) in [4.78, 5) is 33.4. The average Bonchev–Trinajstić information content (AvgIpc) is 3.47. The van der Waals surface area contributed by atoms with E-state index >= 15 is 0 Å². The van der Waals surface area contributed by atoms with Crippen molar-refractivity contribution in [2.75, 3.05) is 18.5 Å². The number of carbonyl (C=O) groups is 1. The van der Waals surface area contributed by atoms with E-state index in [0.29, 0.717) is 32.8 Å². The van der Waals surface area contributed by atoms with Crippen molar-refractivity contribution in [3.8, 4) is 0 Å². The maximum Gasteiger partial charge on any atom is 0.267 e. The first-order valence-electron chi connectivity index (χ1n) is 11.2. The molecule has 0 radical (unpaired) electrons. The van der Waals surface area contributed by atoms with Gasteiger partial charge in [-0.3, -0.25) is 18.9 Å². The molecule has 9 heteroatoms. The molecular formula is C25H24N4O3S2. The van der Waals surface area contributed by atoms with Gasteiger partial charge in [-0.1, -0.05) is 60.4 Å². The second kappa shape index (κ2) is 9.69. The second-order valence-electron chi connectivity index (χ2n) is 8.26. The molecular weight excluding hydrogens is 468 g/mol. The van der Waals surface area contributed by atoms with E-state index in [1.54, 1.807) is 29.3 Å². The van der Waals surface area contributed by atoms with Crippen LogP contribution in [0, 0.1) is 0 Å². The number of fused-ring (bicyclic) bond motifs is 1. The number of anilines is 1. The van der Waals surface area contributed by atoms with Crippen molar-refractivity contribution in [1.82, 2.24) is 14.3 Å². The number of nitrogens with one attached hydrogen (secondary N) is 1. The van der Waals surface area contributed by atoms with Crippen molar-refractivity contribution >= 4 is 51.7 Å². The first kappa shape index (κ1) is 22.8. The van der Waals surface area contributed by atoms with Gasteiger partial charge in [0.05, 0.1) is 22.6 Å². The fourth-order valence-electron chi connectivity index (χ4n) is 4.21. The number of hydrogen-bond acceptors (Lipinski definition) is 7. The zero-order valence-corrected chi connectivity index (χ0v) is 20.3. The molecule has 0 spiro atoms. The van der Waals surface area contributed by atoms with Gasteiger partial charge in [0, 0.05) is 19.3 Å². The molecule has 2 aliphatic heterocycles. The minimum Gasteiger partial charge on any atom is -0.376 e. The highest BCUT2D eigenvalue weighted by Gasteiger charge is 2.36. The molecule has 7 nitrogen and oxygen atoms in total. The molecule has 1 aromatic carbocycles. The molecule has 0 saturated carbocycles. The van der Waals surface area contributed by atoms with Gasteiger partial charge in [-0.05, 0) is 43.5 Å². The third-order valence-electron chi connectivity index (χ3n) is 6.06. The second-order valence-corrected chi connectivity index (χ2v) is 9.94. The number of nitrogens with zero attached hydrogens (tertiary/aromatic N) is 3. The molecule has 2 aromatic heterocycles. The van der Waals surface area contributed by atoms with E-state index in [9.17, 15) is 9.59 Å². The largest absolute Gasteiger partial charge is 0.376 e. The lowest BCUT2D eigenvalue weighted by Crippen LogP contribution is -2.31. The minimum absolute atomic E-state index is 0.0776. The van der Waals surface area contributed by atoms with Crippen LogP contribution in [0.1, 0.15) is 36.9 Å². The quantitative estimate of drug-likeness (QED) is 0.407. The summed E-state index contributed by atoms with van der Waals surface area (Å²) in [5.74, 6) is 0.224. The van der Waals surface area contributed by atoms with E-state index in [4.69, 9.17) is 17.0 Å². The molecule has 1 N–H and O–H groups in total. The Hall–Kier alpha value is -3.01. The van der Waals surface area contributed by atoms with Crippen LogP contribution < -0.4 is 10.9 Å². The summed E-state index contributed by atoms with van der Waals surface area (Å²) in [6.07, 6.45) is 5.35. The molecule has 0 aliphatic carbocycles. The highest BCUT2D eigenvalue weighted by molar-refractivity contribution is 8.26. The Morgan fingerprint density at radius 3 is 2.79 bits per heavy atom. The summed E-state index contributed by atoms with van der Waals surface area (Å²) >= 11 is 6.76. The van der Waals surface area contributed by atoms with Crippen LogP contribution in [-0.4, -0.2) is 43.8 Å². The fraction of sp³-hybridized carbons (Fsp3) is 0.280. The maximum atomic E-state index is 13.4. The zero-order chi connectivity index (χ0) is 23.7. The van der Waals surface area contributed by atoms with Crippen LogP contribution in [0.4, 0.5) is 5.82 Å². The van der Waals surface area contributed by atoms with Gasteiger partial charge < -0.3 is 10.1 Å². The van der Waals surface area contributed by atoms with Gasteiger partial charge in [0.2, 0.25) is 0 Å². The Balaban J connectivity index is 1.51. The Morgan fingerprint density at radius 1 is 1.24 bits per heavy atom. The number of benzene rings is 1. The predicted molar refractivity (Wildman–Crippen MR) is 139 cm³/mol. The van der Waals surface area contributed by atoms with Gasteiger partial charge in [-0.25, -0.2) is 4.98 Å². The molecule has 2 aliphatic rings. The topological polar surface area (TPSA) is 75.9 Å². The first-order valence-corrected chi connectivity index (χ1v) is 12.4. The third kappa shape index (κ3) is 4.38. The first-order chi connectivity index (χ1) is 16.5. The third-order valence-corrected chi connectivity index (χ3v) is 7.39. The molecule has 1 amide bonds. The molecule has 3 aromatic rings. The summed E-state index contributed by atoms with van der Waals surface area (Å²) in [7, 11) is 0. The number of rotatable bonds is 6. The fourth-order valence-corrected chi connectivity index (χ4v) is 5.61. The lowest BCUT2D eigenvalue weighted by Gasteiger charge is -2.23. The number of ether oxygens (including phenoxy) is 1. The number of carbonyl (C=O) groups excluding carboxylic acids is 1. The standard InChI is InChI=1S/C25H24N4O3S2/c1-16(17-8-3-2-4-9-17)29-24(31)20(34-25(29)33)14-19-22(26-15-18-10-7-13-32-18)27-21-11-5-6-12-28(21)23(19)30/h2-6,8-9,11-12,14,16,18,26H,7,10,13,15H2,1H3/b20-14+/t16-,18+/m0/s1. The monoisotopic (exact) mass is 492 g/mol. The smallest absolute Gasteiger partial charge is 0.267 e. The van der Waals surface area contributed by atoms with Crippen LogP contribution in [0.5, 0.6) is 0 Å². The van der Waals surface area contributed by atoms with Crippen LogP contribution in [0.25, 0.3) is 11.7 Å². The molecule has 174 valence electrons. The SMILES string of the molecule is C[C@@H](c1ccccc1)N1C(=O)/C(=C\c2c(NC[C@H]3CCCO3)nc3ccccn3c2=O)SC1=S. The van der Waals surface area contributed by atoms with E-state index < -0.39 is 0 Å². The van der Waals surface area contributed by atoms with Crippen molar-refractivity contribution in [3.05, 3.63) is 81.1 Å². The number of amides is 1. The molecule has 2 atom stereocenters. The molecule has 2 saturated heterocycles. The van der Waals surface area contributed by atoms with Crippen LogP contribution in [0.2, 0.25) is 0 Å². The summed E-state index contributed by atoms with van der Waals surface area (Å²) in [6.45, 7) is 3.24. The van der Waals surface area contributed by atoms with Gasteiger partial charge in [-0.2, -0.15) is 0 Å². The van der Waals surface area contributed by atoms with Crippen molar-refractivity contribution < 1.29 is 9.53 Å². The van der Waals surface area contributed by atoms with Crippen molar-refractivity contribution in [3.63, 3.8) is 0 Å². The summed E-state index contributed by atoms with van der Waals surface area (Å²) in [5.41, 5.74) is 1.60. The maximum absolute atomic E-state index is 13.4. The van der Waals surface area contributed by atoms with E-state index in [-0.39, 0.29) is 23.6 Å². The Bertz CT molecular complexity index is 1330. The lowest BCUT2D eigenvalue weighted by molar-refractivity contribution is -0.123. The minimum atomic E-state index is -0.248. The molecule has 0 unspecified atom stereocenters. The van der Waals surface area contributed by atoms with Gasteiger partial charge >= 0.3 is 0 Å². The van der Waals surface area contributed by atoms with E-state index in [0.717, 1.165) is 25.0 Å². The normalized spacial score (nSPS) is 20.4. The van der Waals surface area contributed by atoms with Crippen molar-refractivity contribution in [1.29, 1.82) is 0 Å². The van der Waals surface area contributed by atoms with Crippen LogP contribution in [0.15, 0.2) is 64.4 Å². The zero-order valence-electron chi connectivity index (χ0n) is 18.6. The van der Waals surface area contributed by atoms with Gasteiger partial charge in [-0.15, -0.1) is 0 Å². The van der Waals surface area contributed by atoms with E-state index in [1.165, 1.54) is 16.2 Å². The van der Waals surface area contributed by atoms with Gasteiger partial charge in [0.1, 0.15) is 15.8 Å². The molecule has 34 heavy (non-hydrogen) atoms. The van der Waals surface area contributed by atoms with Gasteiger partial charge in [0.15, 0.2) is 0 Å². The number of hydrogen-bond donors (Lipinski definition) is 1. The number of thiocarbonyl (C=S) groups is 1. The van der Waals surface area contributed by atoms with Crippen molar-refractivity contribution in [2.45, 2.75) is 31.9 Å². The summed E-state index contributed by atoms with van der Waals surface area (Å²) in [6, 6.07) is 14.9. The molecule has 2 fully saturated rings. The molecule has 4 heterocycles. The highest BCUT2D eigenvalue weighted by Crippen LogP contribution is 2.38. The van der Waals surface area contributed by atoms with E-state index in [2.05, 4.69) is 10.3 Å². The number of thioether (sulfide) groups is 1. The molecule has 0 bridgehead atoms. The highest BCUT2D eigenvalue weighted by atomic mass is 32.2. The van der Waals surface area contributed by atoms with Crippen LogP contribution >= 0.6 is 24.0 Å². The predicted octanol–water partition coefficient (Wildman–Crippen LogP) is 4.25. The van der Waals surface area contributed by atoms with Crippen LogP contribution in [-0.2, 0) is 9.53 Å². The molecule has 5 rings (SSSR count). The van der Waals surface area contributed by atoms with E-state index in [1.807, 2.05) is 43.3 Å². The van der Waals surface area contributed by atoms with Gasteiger partial charge in [0.25, 0.3) is 11.5 Å². The average molecular weight is 493 g/mol. The van der Waals surface area contributed by atoms with Crippen molar-refractivity contribution in [2.24, 2.45) is 0 Å².